The quantitative estimate of drug-likeness (QED) is 0.906. The SMILES string of the molecule is CC(Oc1ccccc1)C(=O)Nc1ccc2c(c1)NC(=O)C(C)O2. The van der Waals surface area contributed by atoms with Gasteiger partial charge in [-0.2, -0.15) is 0 Å². The molecule has 0 bridgehead atoms. The minimum Gasteiger partial charge on any atom is -0.481 e. The zero-order valence-electron chi connectivity index (χ0n) is 13.4. The Morgan fingerprint density at radius 1 is 1.25 bits per heavy atom. The molecule has 1 heterocycles. The highest BCUT2D eigenvalue weighted by molar-refractivity contribution is 5.99. The second-order valence-electron chi connectivity index (χ2n) is 5.52. The van der Waals surface area contributed by atoms with E-state index in [1.165, 1.54) is 0 Å². The first-order chi connectivity index (χ1) is 11.5. The Kier molecular flexibility index (Phi) is 4.37. The third-order valence-electron chi connectivity index (χ3n) is 3.60. The zero-order valence-corrected chi connectivity index (χ0v) is 13.4. The van der Waals surface area contributed by atoms with Crippen LogP contribution in [-0.4, -0.2) is 24.0 Å². The van der Waals surface area contributed by atoms with E-state index in [4.69, 9.17) is 9.47 Å². The van der Waals surface area contributed by atoms with Crippen LogP contribution >= 0.6 is 0 Å². The van der Waals surface area contributed by atoms with Gasteiger partial charge in [0.2, 0.25) is 0 Å². The molecule has 0 aliphatic carbocycles. The van der Waals surface area contributed by atoms with Gasteiger partial charge in [0.25, 0.3) is 11.8 Å². The molecular weight excluding hydrogens is 308 g/mol. The van der Waals surface area contributed by atoms with Crippen molar-refractivity contribution in [3.05, 3.63) is 48.5 Å². The summed E-state index contributed by atoms with van der Waals surface area (Å²) in [6.07, 6.45) is -1.19. The van der Waals surface area contributed by atoms with Crippen LogP contribution in [0.2, 0.25) is 0 Å². The molecule has 2 aromatic carbocycles. The summed E-state index contributed by atoms with van der Waals surface area (Å²) >= 11 is 0. The number of nitrogens with one attached hydrogen (secondary N) is 2. The minimum atomic E-state index is -0.658. The molecule has 1 aliphatic heterocycles. The topological polar surface area (TPSA) is 76.7 Å². The number of rotatable bonds is 4. The van der Waals surface area contributed by atoms with Crippen molar-refractivity contribution < 1.29 is 19.1 Å². The van der Waals surface area contributed by atoms with E-state index in [9.17, 15) is 9.59 Å². The van der Waals surface area contributed by atoms with Gasteiger partial charge in [0.05, 0.1) is 5.69 Å². The molecule has 0 radical (unpaired) electrons. The van der Waals surface area contributed by atoms with Crippen LogP contribution in [0.15, 0.2) is 48.5 Å². The molecule has 2 unspecified atom stereocenters. The number of carbonyl (C=O) groups excluding carboxylic acids is 2. The first-order valence-corrected chi connectivity index (χ1v) is 7.67. The maximum absolute atomic E-state index is 12.2. The number of benzene rings is 2. The summed E-state index contributed by atoms with van der Waals surface area (Å²) in [5, 5.41) is 5.51. The van der Waals surface area contributed by atoms with Gasteiger partial charge in [-0.05, 0) is 44.2 Å². The highest BCUT2D eigenvalue weighted by Gasteiger charge is 2.24. The Hall–Kier alpha value is -3.02. The lowest BCUT2D eigenvalue weighted by Gasteiger charge is -2.24. The van der Waals surface area contributed by atoms with E-state index in [1.54, 1.807) is 44.2 Å². The summed E-state index contributed by atoms with van der Waals surface area (Å²) in [7, 11) is 0. The second kappa shape index (κ2) is 6.62. The minimum absolute atomic E-state index is 0.216. The van der Waals surface area contributed by atoms with E-state index in [0.29, 0.717) is 22.9 Å². The van der Waals surface area contributed by atoms with E-state index in [1.807, 2.05) is 18.2 Å². The molecule has 6 nitrogen and oxygen atoms in total. The Balaban J connectivity index is 1.66. The number of para-hydroxylation sites is 1. The standard InChI is InChI=1S/C18H18N2O4/c1-11(23-14-6-4-3-5-7-14)17(21)19-13-8-9-16-15(10-13)20-18(22)12(2)24-16/h3-12H,1-2H3,(H,19,21)(H,20,22). The van der Waals surface area contributed by atoms with Gasteiger partial charge in [0, 0.05) is 5.69 Å². The molecule has 2 amide bonds. The number of amides is 2. The fourth-order valence-electron chi connectivity index (χ4n) is 2.29. The van der Waals surface area contributed by atoms with Gasteiger partial charge in [0.1, 0.15) is 11.5 Å². The first-order valence-electron chi connectivity index (χ1n) is 7.67. The molecule has 124 valence electrons. The Labute approximate surface area is 139 Å². The van der Waals surface area contributed by atoms with Crippen molar-refractivity contribution in [2.24, 2.45) is 0 Å². The van der Waals surface area contributed by atoms with E-state index in [0.717, 1.165) is 0 Å². The van der Waals surface area contributed by atoms with Crippen molar-refractivity contribution >= 4 is 23.2 Å². The fourth-order valence-corrected chi connectivity index (χ4v) is 2.29. The van der Waals surface area contributed by atoms with Gasteiger partial charge >= 0.3 is 0 Å². The zero-order chi connectivity index (χ0) is 17.1. The van der Waals surface area contributed by atoms with Crippen molar-refractivity contribution in [3.8, 4) is 11.5 Å². The van der Waals surface area contributed by atoms with Crippen LogP contribution in [0.1, 0.15) is 13.8 Å². The Bertz CT molecular complexity index is 761. The molecule has 0 fully saturated rings. The van der Waals surface area contributed by atoms with Gasteiger partial charge < -0.3 is 20.1 Å². The Morgan fingerprint density at radius 3 is 2.75 bits per heavy atom. The molecule has 0 saturated carbocycles. The van der Waals surface area contributed by atoms with E-state index in [-0.39, 0.29) is 11.8 Å². The molecule has 0 saturated heterocycles. The van der Waals surface area contributed by atoms with Crippen LogP contribution in [0, 0.1) is 0 Å². The highest BCUT2D eigenvalue weighted by atomic mass is 16.5. The van der Waals surface area contributed by atoms with Gasteiger partial charge in [0.15, 0.2) is 12.2 Å². The molecule has 24 heavy (non-hydrogen) atoms. The summed E-state index contributed by atoms with van der Waals surface area (Å²) in [6, 6.07) is 14.2. The lowest BCUT2D eigenvalue weighted by molar-refractivity contribution is -0.123. The lowest BCUT2D eigenvalue weighted by atomic mass is 10.2. The number of ether oxygens (including phenoxy) is 2. The molecule has 6 heteroatoms. The highest BCUT2D eigenvalue weighted by Crippen LogP contribution is 2.32. The third kappa shape index (κ3) is 3.48. The third-order valence-corrected chi connectivity index (χ3v) is 3.60. The van der Waals surface area contributed by atoms with Crippen LogP contribution in [-0.2, 0) is 9.59 Å². The van der Waals surface area contributed by atoms with Gasteiger partial charge in [-0.3, -0.25) is 9.59 Å². The number of carbonyl (C=O) groups is 2. The van der Waals surface area contributed by atoms with Crippen LogP contribution in [0.3, 0.4) is 0 Å². The average molecular weight is 326 g/mol. The molecular formula is C18H18N2O4. The van der Waals surface area contributed by atoms with Crippen LogP contribution in [0.25, 0.3) is 0 Å². The molecule has 2 atom stereocenters. The predicted octanol–water partition coefficient (Wildman–Crippen LogP) is 2.81. The van der Waals surface area contributed by atoms with E-state index in [2.05, 4.69) is 10.6 Å². The molecule has 2 aromatic rings. The van der Waals surface area contributed by atoms with Crippen molar-refractivity contribution in [2.75, 3.05) is 10.6 Å². The van der Waals surface area contributed by atoms with Crippen molar-refractivity contribution in [1.29, 1.82) is 0 Å². The van der Waals surface area contributed by atoms with E-state index >= 15 is 0 Å². The molecule has 3 rings (SSSR count). The summed E-state index contributed by atoms with van der Waals surface area (Å²) < 4.78 is 11.1. The number of hydrogen-bond acceptors (Lipinski definition) is 4. The van der Waals surface area contributed by atoms with Crippen LogP contribution < -0.4 is 20.1 Å². The monoisotopic (exact) mass is 326 g/mol. The van der Waals surface area contributed by atoms with E-state index < -0.39 is 12.2 Å². The van der Waals surface area contributed by atoms with Gasteiger partial charge in [-0.1, -0.05) is 18.2 Å². The molecule has 0 spiro atoms. The lowest BCUT2D eigenvalue weighted by Crippen LogP contribution is -2.34. The predicted molar refractivity (Wildman–Crippen MR) is 90.3 cm³/mol. The normalized spacial score (nSPS) is 17.1. The molecule has 2 N–H and O–H groups in total. The average Bonchev–Trinajstić information content (AvgIpc) is 2.57. The van der Waals surface area contributed by atoms with Gasteiger partial charge in [-0.15, -0.1) is 0 Å². The maximum Gasteiger partial charge on any atom is 0.265 e. The number of anilines is 2. The van der Waals surface area contributed by atoms with Crippen molar-refractivity contribution in [1.82, 2.24) is 0 Å². The summed E-state index contributed by atoms with van der Waals surface area (Å²) in [6.45, 7) is 3.35. The first kappa shape index (κ1) is 15.9. The summed E-state index contributed by atoms with van der Waals surface area (Å²) in [5.74, 6) is 0.705. The molecule has 1 aliphatic rings. The summed E-state index contributed by atoms with van der Waals surface area (Å²) in [4.78, 5) is 23.9. The van der Waals surface area contributed by atoms with Gasteiger partial charge in [-0.25, -0.2) is 0 Å². The molecule has 0 aromatic heterocycles. The fraction of sp³-hybridized carbons (Fsp3) is 0.222. The largest absolute Gasteiger partial charge is 0.481 e. The van der Waals surface area contributed by atoms with Crippen LogP contribution in [0.5, 0.6) is 11.5 Å². The maximum atomic E-state index is 12.2. The summed E-state index contributed by atoms with van der Waals surface area (Å²) in [5.41, 5.74) is 1.09. The number of hydrogen-bond donors (Lipinski definition) is 2. The van der Waals surface area contributed by atoms with Crippen molar-refractivity contribution in [3.63, 3.8) is 0 Å². The Morgan fingerprint density at radius 2 is 2.00 bits per heavy atom. The number of fused-ring (bicyclic) bond motifs is 1. The smallest absolute Gasteiger partial charge is 0.265 e. The second-order valence-corrected chi connectivity index (χ2v) is 5.52. The van der Waals surface area contributed by atoms with Crippen LogP contribution in [0.4, 0.5) is 11.4 Å². The van der Waals surface area contributed by atoms with Crippen molar-refractivity contribution in [2.45, 2.75) is 26.1 Å².